The van der Waals surface area contributed by atoms with E-state index in [1.54, 1.807) is 18.2 Å². The zero-order chi connectivity index (χ0) is 29.9. The van der Waals surface area contributed by atoms with Crippen LogP contribution in [-0.2, 0) is 9.59 Å². The summed E-state index contributed by atoms with van der Waals surface area (Å²) in [7, 11) is 0. The van der Waals surface area contributed by atoms with E-state index in [0.29, 0.717) is 28.1 Å². The zero-order valence-electron chi connectivity index (χ0n) is 24.7. The molecule has 0 radical (unpaired) electrons. The van der Waals surface area contributed by atoms with Crippen molar-refractivity contribution in [2.24, 2.45) is 22.2 Å². The van der Waals surface area contributed by atoms with Crippen LogP contribution < -0.4 is 5.32 Å². The maximum atomic E-state index is 14.4. The second kappa shape index (κ2) is 12.4. The van der Waals surface area contributed by atoms with Crippen molar-refractivity contribution < 1.29 is 19.5 Å². The normalized spacial score (nSPS) is 21.7. The van der Waals surface area contributed by atoms with Gasteiger partial charge in [-0.3, -0.25) is 19.4 Å². The predicted molar refractivity (Wildman–Crippen MR) is 162 cm³/mol. The molecule has 1 aliphatic carbocycles. The molecule has 1 fully saturated rings. The number of carbonyl (C=O) groups excluding carboxylic acids is 2. The Hall–Kier alpha value is -3.19. The highest BCUT2D eigenvalue weighted by Crippen LogP contribution is 2.50. The van der Waals surface area contributed by atoms with Crippen LogP contribution in [0.5, 0.6) is 0 Å². The van der Waals surface area contributed by atoms with Gasteiger partial charge in [0.2, 0.25) is 0 Å². The number of nitrogens with zero attached hydrogens (tertiary/aromatic N) is 2. The smallest absolute Gasteiger partial charge is 0.322 e. The summed E-state index contributed by atoms with van der Waals surface area (Å²) >= 11 is 6.33. The number of hydrogen-bond donors (Lipinski definition) is 2. The molecule has 2 amide bonds. The Kier molecular flexibility index (Phi) is 9.27. The number of nitrogens with one attached hydrogen (secondary N) is 1. The van der Waals surface area contributed by atoms with Crippen molar-refractivity contribution >= 4 is 35.1 Å². The highest BCUT2D eigenvalue weighted by molar-refractivity contribution is 6.47. The van der Waals surface area contributed by atoms with E-state index < -0.39 is 24.1 Å². The minimum absolute atomic E-state index is 0.0847. The Bertz CT molecular complexity index is 1300. The third kappa shape index (κ3) is 7.00. The van der Waals surface area contributed by atoms with Gasteiger partial charge in [-0.2, -0.15) is 0 Å². The maximum absolute atomic E-state index is 14.4. The molecule has 0 saturated heterocycles. The van der Waals surface area contributed by atoms with Crippen molar-refractivity contribution in [2.45, 2.75) is 84.8 Å². The van der Waals surface area contributed by atoms with E-state index in [-0.39, 0.29) is 17.4 Å². The molecule has 2 N–H and O–H groups in total. The monoisotopic (exact) mass is 579 g/mol. The Morgan fingerprint density at radius 2 is 1.76 bits per heavy atom. The number of rotatable bonds is 9. The molecule has 2 aromatic carbocycles. The van der Waals surface area contributed by atoms with Gasteiger partial charge in [0.1, 0.15) is 17.9 Å². The number of carboxylic acids is 1. The summed E-state index contributed by atoms with van der Waals surface area (Å²) in [6.07, 6.45) is 5.23. The summed E-state index contributed by atoms with van der Waals surface area (Å²) in [4.78, 5) is 45.0. The lowest BCUT2D eigenvalue weighted by atomic mass is 9.69. The van der Waals surface area contributed by atoms with Gasteiger partial charge in [-0.1, -0.05) is 70.5 Å². The van der Waals surface area contributed by atoms with Crippen LogP contribution in [0.1, 0.15) is 101 Å². The SMILES string of the molecule is CC(C)CCC(c1ccc(C(=O)NCC(=O)O)cc1)N1C(=O)C(c2cccc(Cl)c2)=NC12CCC(C(C)(C)C)CC2. The van der Waals surface area contributed by atoms with E-state index in [0.717, 1.165) is 49.7 Å². The number of hydrogen-bond acceptors (Lipinski definition) is 4. The lowest BCUT2D eigenvalue weighted by Crippen LogP contribution is -2.51. The highest BCUT2D eigenvalue weighted by atomic mass is 35.5. The summed E-state index contributed by atoms with van der Waals surface area (Å²) in [6, 6.07) is 14.3. The molecular formula is C33H42ClN3O4. The lowest BCUT2D eigenvalue weighted by molar-refractivity contribution is -0.136. The summed E-state index contributed by atoms with van der Waals surface area (Å²) in [6.45, 7) is 10.8. The summed E-state index contributed by atoms with van der Waals surface area (Å²) < 4.78 is 0. The molecule has 8 heteroatoms. The van der Waals surface area contributed by atoms with Crippen LogP contribution >= 0.6 is 11.6 Å². The Morgan fingerprint density at radius 1 is 1.10 bits per heavy atom. The van der Waals surface area contributed by atoms with E-state index >= 15 is 0 Å². The second-order valence-corrected chi connectivity index (χ2v) is 13.4. The average molecular weight is 580 g/mol. The number of aliphatic carboxylic acids is 1. The third-order valence-electron chi connectivity index (χ3n) is 8.59. The van der Waals surface area contributed by atoms with Crippen LogP contribution in [0.15, 0.2) is 53.5 Å². The van der Waals surface area contributed by atoms with Gasteiger partial charge in [0.15, 0.2) is 0 Å². The molecule has 1 saturated carbocycles. The molecule has 0 bridgehead atoms. The zero-order valence-corrected chi connectivity index (χ0v) is 25.5. The van der Waals surface area contributed by atoms with Crippen LogP contribution in [0.25, 0.3) is 0 Å². The van der Waals surface area contributed by atoms with E-state index in [1.807, 2.05) is 35.2 Å². The van der Waals surface area contributed by atoms with Crippen molar-refractivity contribution in [2.75, 3.05) is 6.54 Å². The molecular weight excluding hydrogens is 538 g/mol. The largest absolute Gasteiger partial charge is 0.480 e. The number of carboxylic acid groups (broad SMARTS) is 1. The number of amides is 2. The predicted octanol–water partition coefficient (Wildman–Crippen LogP) is 6.90. The van der Waals surface area contributed by atoms with Crippen LogP contribution in [0, 0.1) is 17.3 Å². The third-order valence-corrected chi connectivity index (χ3v) is 8.82. The molecule has 1 unspecified atom stereocenters. The standard InChI is InChI=1S/C33H42ClN3O4/c1-21(2)9-14-27(22-10-12-23(13-11-22)30(40)35-20-28(38)39)37-31(41)29(24-7-6-8-26(34)19-24)36-33(37)17-15-25(16-18-33)32(3,4)5/h6-8,10-13,19,21,25,27H,9,14-18,20H2,1-5H3,(H,35,40)(H,38,39). The molecule has 2 aromatic rings. The van der Waals surface area contributed by atoms with Gasteiger partial charge in [-0.05, 0) is 85.6 Å². The lowest BCUT2D eigenvalue weighted by Gasteiger charge is -2.47. The minimum Gasteiger partial charge on any atom is -0.480 e. The number of carbonyl (C=O) groups is 3. The molecule has 4 rings (SSSR count). The van der Waals surface area contributed by atoms with Crippen molar-refractivity contribution in [3.8, 4) is 0 Å². The summed E-state index contributed by atoms with van der Waals surface area (Å²) in [5, 5.41) is 11.9. The molecule has 1 atom stereocenters. The van der Waals surface area contributed by atoms with Crippen LogP contribution in [0.4, 0.5) is 0 Å². The van der Waals surface area contributed by atoms with Crippen molar-refractivity contribution in [1.82, 2.24) is 10.2 Å². The van der Waals surface area contributed by atoms with Crippen LogP contribution in [0.3, 0.4) is 0 Å². The van der Waals surface area contributed by atoms with Gasteiger partial charge in [-0.15, -0.1) is 0 Å². The summed E-state index contributed by atoms with van der Waals surface area (Å²) in [5.74, 6) is -0.638. The van der Waals surface area contributed by atoms with E-state index in [2.05, 4.69) is 39.9 Å². The summed E-state index contributed by atoms with van der Waals surface area (Å²) in [5.41, 5.74) is 2.05. The maximum Gasteiger partial charge on any atom is 0.322 e. The first-order chi connectivity index (χ1) is 19.3. The van der Waals surface area contributed by atoms with Crippen molar-refractivity contribution in [1.29, 1.82) is 0 Å². The van der Waals surface area contributed by atoms with Gasteiger partial charge in [-0.25, -0.2) is 0 Å². The fraction of sp³-hybridized carbons (Fsp3) is 0.515. The minimum atomic E-state index is -1.10. The van der Waals surface area contributed by atoms with Gasteiger partial charge in [0.25, 0.3) is 11.8 Å². The molecule has 2 aliphatic rings. The van der Waals surface area contributed by atoms with Gasteiger partial charge >= 0.3 is 5.97 Å². The quantitative estimate of drug-likeness (QED) is 0.338. The van der Waals surface area contributed by atoms with Gasteiger partial charge < -0.3 is 15.3 Å². The fourth-order valence-electron chi connectivity index (χ4n) is 6.22. The fourth-order valence-corrected chi connectivity index (χ4v) is 6.41. The van der Waals surface area contributed by atoms with Crippen LogP contribution in [-0.4, -0.2) is 45.7 Å². The first kappa shape index (κ1) is 30.8. The Morgan fingerprint density at radius 3 is 2.32 bits per heavy atom. The van der Waals surface area contributed by atoms with Crippen molar-refractivity contribution in [3.05, 3.63) is 70.2 Å². The Labute approximate surface area is 248 Å². The molecule has 41 heavy (non-hydrogen) atoms. The average Bonchev–Trinajstić information content (AvgIpc) is 3.18. The van der Waals surface area contributed by atoms with Crippen molar-refractivity contribution in [3.63, 3.8) is 0 Å². The van der Waals surface area contributed by atoms with Gasteiger partial charge in [0.05, 0.1) is 6.04 Å². The number of halogens is 1. The first-order valence-electron chi connectivity index (χ1n) is 14.6. The van der Waals surface area contributed by atoms with Crippen LogP contribution in [0.2, 0.25) is 5.02 Å². The number of aliphatic imine (C=N–C) groups is 1. The molecule has 7 nitrogen and oxygen atoms in total. The Balaban J connectivity index is 1.73. The topological polar surface area (TPSA) is 99.1 Å². The first-order valence-corrected chi connectivity index (χ1v) is 15.0. The number of benzene rings is 2. The van der Waals surface area contributed by atoms with E-state index in [9.17, 15) is 14.4 Å². The molecule has 1 aliphatic heterocycles. The highest BCUT2D eigenvalue weighted by Gasteiger charge is 2.52. The molecule has 0 aromatic heterocycles. The molecule has 1 spiro atoms. The van der Waals surface area contributed by atoms with E-state index in [4.69, 9.17) is 21.7 Å². The second-order valence-electron chi connectivity index (χ2n) is 13.0. The molecule has 1 heterocycles. The van der Waals surface area contributed by atoms with E-state index in [1.165, 1.54) is 0 Å². The molecule has 220 valence electrons. The van der Waals surface area contributed by atoms with Gasteiger partial charge in [0, 0.05) is 16.1 Å².